The van der Waals surface area contributed by atoms with Gasteiger partial charge in [-0.2, -0.15) is 18.4 Å². The van der Waals surface area contributed by atoms with Crippen LogP contribution in [-0.4, -0.2) is 6.04 Å². The SMILES string of the molecule is CC(C#N)Nc1ccc(C(F)(F)F)cc1N. The van der Waals surface area contributed by atoms with Crippen molar-refractivity contribution in [2.45, 2.75) is 19.1 Å². The molecule has 1 rings (SSSR count). The molecule has 0 spiro atoms. The number of nitrogens with zero attached hydrogens (tertiary/aromatic N) is 1. The molecule has 0 amide bonds. The molecule has 3 nitrogen and oxygen atoms in total. The van der Waals surface area contributed by atoms with Crippen molar-refractivity contribution in [1.29, 1.82) is 5.26 Å². The highest BCUT2D eigenvalue weighted by molar-refractivity contribution is 5.67. The van der Waals surface area contributed by atoms with E-state index in [1.165, 1.54) is 6.07 Å². The molecule has 16 heavy (non-hydrogen) atoms. The topological polar surface area (TPSA) is 61.8 Å². The Morgan fingerprint density at radius 1 is 1.44 bits per heavy atom. The van der Waals surface area contributed by atoms with Crippen molar-refractivity contribution in [2.75, 3.05) is 11.1 Å². The largest absolute Gasteiger partial charge is 0.416 e. The van der Waals surface area contributed by atoms with E-state index in [0.717, 1.165) is 12.1 Å². The first-order valence-corrected chi connectivity index (χ1v) is 4.47. The Hall–Kier alpha value is -1.90. The fourth-order valence-electron chi connectivity index (χ4n) is 1.14. The van der Waals surface area contributed by atoms with E-state index in [2.05, 4.69) is 5.32 Å². The molecule has 1 atom stereocenters. The molecule has 1 aromatic rings. The molecule has 0 heterocycles. The monoisotopic (exact) mass is 229 g/mol. The van der Waals surface area contributed by atoms with Crippen LogP contribution in [0.25, 0.3) is 0 Å². The number of anilines is 2. The van der Waals surface area contributed by atoms with Crippen molar-refractivity contribution in [3.8, 4) is 6.07 Å². The van der Waals surface area contributed by atoms with Gasteiger partial charge in [-0.3, -0.25) is 0 Å². The van der Waals surface area contributed by atoms with Crippen LogP contribution in [0.15, 0.2) is 18.2 Å². The summed E-state index contributed by atoms with van der Waals surface area (Å²) >= 11 is 0. The zero-order valence-corrected chi connectivity index (χ0v) is 8.47. The molecule has 0 aromatic heterocycles. The summed E-state index contributed by atoms with van der Waals surface area (Å²) in [5, 5.41) is 11.2. The first-order chi connectivity index (χ1) is 7.34. The molecule has 86 valence electrons. The van der Waals surface area contributed by atoms with E-state index >= 15 is 0 Å². The molecule has 0 saturated carbocycles. The first kappa shape index (κ1) is 12.2. The lowest BCUT2D eigenvalue weighted by molar-refractivity contribution is -0.137. The molecule has 0 bridgehead atoms. The summed E-state index contributed by atoms with van der Waals surface area (Å²) in [5.41, 5.74) is 4.93. The quantitative estimate of drug-likeness (QED) is 0.766. The molecular weight excluding hydrogens is 219 g/mol. The number of nitrogens with one attached hydrogen (secondary N) is 1. The third-order valence-corrected chi connectivity index (χ3v) is 1.94. The van der Waals surface area contributed by atoms with Gasteiger partial charge in [0.1, 0.15) is 6.04 Å². The van der Waals surface area contributed by atoms with Gasteiger partial charge in [0.15, 0.2) is 0 Å². The highest BCUT2D eigenvalue weighted by Crippen LogP contribution is 2.32. The van der Waals surface area contributed by atoms with Crippen LogP contribution >= 0.6 is 0 Å². The molecular formula is C10H10F3N3. The Labute approximate surface area is 90.7 Å². The minimum Gasteiger partial charge on any atom is -0.397 e. The van der Waals surface area contributed by atoms with Crippen LogP contribution in [0.2, 0.25) is 0 Å². The van der Waals surface area contributed by atoms with Gasteiger partial charge < -0.3 is 11.1 Å². The van der Waals surface area contributed by atoms with Crippen LogP contribution in [0.1, 0.15) is 12.5 Å². The normalized spacial score (nSPS) is 12.9. The van der Waals surface area contributed by atoms with Crippen LogP contribution < -0.4 is 11.1 Å². The van der Waals surface area contributed by atoms with E-state index in [1.54, 1.807) is 6.92 Å². The maximum absolute atomic E-state index is 12.3. The number of nitriles is 1. The summed E-state index contributed by atoms with van der Waals surface area (Å²) in [4.78, 5) is 0. The lowest BCUT2D eigenvalue weighted by Gasteiger charge is -2.13. The average molecular weight is 229 g/mol. The average Bonchev–Trinajstić information content (AvgIpc) is 2.19. The van der Waals surface area contributed by atoms with Gasteiger partial charge in [-0.05, 0) is 25.1 Å². The van der Waals surface area contributed by atoms with Gasteiger partial charge in [-0.25, -0.2) is 0 Å². The lowest BCUT2D eigenvalue weighted by atomic mass is 10.1. The zero-order chi connectivity index (χ0) is 12.3. The molecule has 6 heteroatoms. The van der Waals surface area contributed by atoms with E-state index in [0.29, 0.717) is 5.69 Å². The number of nitrogen functional groups attached to an aromatic ring is 1. The Kier molecular flexibility index (Phi) is 3.28. The first-order valence-electron chi connectivity index (χ1n) is 4.47. The summed E-state index contributed by atoms with van der Waals surface area (Å²) in [5.74, 6) is 0. The van der Waals surface area contributed by atoms with Gasteiger partial charge in [0.25, 0.3) is 0 Å². The van der Waals surface area contributed by atoms with Crippen molar-refractivity contribution in [3.05, 3.63) is 23.8 Å². The molecule has 0 aliphatic carbocycles. The highest BCUT2D eigenvalue weighted by Gasteiger charge is 2.30. The van der Waals surface area contributed by atoms with E-state index in [1.807, 2.05) is 6.07 Å². The molecule has 1 aromatic carbocycles. The number of rotatable bonds is 2. The molecule has 0 aliphatic heterocycles. The predicted molar refractivity (Wildman–Crippen MR) is 54.6 cm³/mol. The number of halogens is 3. The number of benzene rings is 1. The van der Waals surface area contributed by atoms with E-state index in [-0.39, 0.29) is 5.69 Å². The lowest BCUT2D eigenvalue weighted by Crippen LogP contribution is -2.14. The third kappa shape index (κ3) is 2.79. The Balaban J connectivity index is 2.97. The van der Waals surface area contributed by atoms with Crippen molar-refractivity contribution in [3.63, 3.8) is 0 Å². The fourth-order valence-corrected chi connectivity index (χ4v) is 1.14. The Morgan fingerprint density at radius 3 is 2.50 bits per heavy atom. The number of nitrogens with two attached hydrogens (primary N) is 1. The maximum atomic E-state index is 12.3. The van der Waals surface area contributed by atoms with Crippen molar-refractivity contribution < 1.29 is 13.2 Å². The Morgan fingerprint density at radius 2 is 2.06 bits per heavy atom. The standard InChI is InChI=1S/C10H10F3N3/c1-6(5-14)16-9-3-2-7(4-8(9)15)10(11,12)13/h2-4,6,16H,15H2,1H3. The second-order valence-corrected chi connectivity index (χ2v) is 3.29. The van der Waals surface area contributed by atoms with E-state index in [4.69, 9.17) is 11.0 Å². The summed E-state index contributed by atoms with van der Waals surface area (Å²) in [6.07, 6.45) is -4.41. The Bertz CT molecular complexity index is 420. The second-order valence-electron chi connectivity index (χ2n) is 3.29. The van der Waals surface area contributed by atoms with Crippen LogP contribution in [-0.2, 0) is 6.18 Å². The number of alkyl halides is 3. The van der Waals surface area contributed by atoms with Gasteiger partial charge in [-0.1, -0.05) is 0 Å². The molecule has 0 radical (unpaired) electrons. The number of hydrogen-bond acceptors (Lipinski definition) is 3. The van der Waals surface area contributed by atoms with Crippen LogP contribution in [0.4, 0.5) is 24.5 Å². The van der Waals surface area contributed by atoms with Gasteiger partial charge in [0.2, 0.25) is 0 Å². The molecule has 0 saturated heterocycles. The number of hydrogen-bond donors (Lipinski definition) is 2. The summed E-state index contributed by atoms with van der Waals surface area (Å²) in [7, 11) is 0. The van der Waals surface area contributed by atoms with Crippen molar-refractivity contribution >= 4 is 11.4 Å². The predicted octanol–water partition coefficient (Wildman–Crippen LogP) is 2.61. The van der Waals surface area contributed by atoms with Gasteiger partial charge in [0, 0.05) is 0 Å². The minimum absolute atomic E-state index is 0.0306. The van der Waals surface area contributed by atoms with Gasteiger partial charge >= 0.3 is 6.18 Å². The van der Waals surface area contributed by atoms with E-state index in [9.17, 15) is 13.2 Å². The summed E-state index contributed by atoms with van der Waals surface area (Å²) < 4.78 is 36.9. The highest BCUT2D eigenvalue weighted by atomic mass is 19.4. The molecule has 0 aliphatic rings. The summed E-state index contributed by atoms with van der Waals surface area (Å²) in [6.45, 7) is 1.58. The third-order valence-electron chi connectivity index (χ3n) is 1.94. The van der Waals surface area contributed by atoms with Crippen LogP contribution in [0.5, 0.6) is 0 Å². The van der Waals surface area contributed by atoms with Gasteiger partial charge in [0.05, 0.1) is 23.0 Å². The van der Waals surface area contributed by atoms with Crippen LogP contribution in [0, 0.1) is 11.3 Å². The van der Waals surface area contributed by atoms with Crippen LogP contribution in [0.3, 0.4) is 0 Å². The molecule has 1 unspecified atom stereocenters. The minimum atomic E-state index is -4.41. The molecule has 3 N–H and O–H groups in total. The maximum Gasteiger partial charge on any atom is 0.416 e. The second kappa shape index (κ2) is 4.31. The molecule has 0 fully saturated rings. The van der Waals surface area contributed by atoms with Crippen molar-refractivity contribution in [1.82, 2.24) is 0 Å². The zero-order valence-electron chi connectivity index (χ0n) is 8.47. The van der Waals surface area contributed by atoms with E-state index < -0.39 is 17.8 Å². The van der Waals surface area contributed by atoms with Crippen molar-refractivity contribution in [2.24, 2.45) is 0 Å². The summed E-state index contributed by atoms with van der Waals surface area (Å²) in [6, 6.07) is 4.36. The smallest absolute Gasteiger partial charge is 0.397 e. The van der Waals surface area contributed by atoms with Gasteiger partial charge in [-0.15, -0.1) is 0 Å². The fraction of sp³-hybridized carbons (Fsp3) is 0.300.